The number of aromatic hydroxyl groups is 2. The van der Waals surface area contributed by atoms with Crippen molar-refractivity contribution in [2.45, 2.75) is 0 Å². The van der Waals surface area contributed by atoms with Crippen molar-refractivity contribution >= 4 is 32.9 Å². The summed E-state index contributed by atoms with van der Waals surface area (Å²) >= 11 is 0. The molecule has 0 heterocycles. The highest BCUT2D eigenvalue weighted by atomic mass is 16.5. The van der Waals surface area contributed by atoms with Gasteiger partial charge in [0.25, 0.3) is 0 Å². The zero-order valence-corrected chi connectivity index (χ0v) is 37.5. The summed E-state index contributed by atoms with van der Waals surface area (Å²) in [4.78, 5) is 0. The van der Waals surface area contributed by atoms with E-state index in [0.29, 0.717) is 45.3 Å². The highest BCUT2D eigenvalue weighted by Gasteiger charge is 2.23. The standard InChI is InChI=1S/C64H40N2O4/c65-57-41-53(31-33-59(57)67)69-61-35-29-51-37-47(25-21-43-13-5-1-6-14-43)49(27-23-45-17-9-3-10-18-45)39-55(51)63(61)64-56-40-50(28-24-46-19-11-4-12-20-46)48(26-22-44-15-7-2-8-16-44)38-52(56)30-36-62(64)70-54-32-34-60(68)58(66)42-54/h1-20,29-42,67-68H,65-66H2. The summed E-state index contributed by atoms with van der Waals surface area (Å²) in [6.07, 6.45) is 0. The number of phenolic OH excluding ortho intramolecular Hbond substituents is 2. The molecule has 0 atom stereocenters. The lowest BCUT2D eigenvalue weighted by Gasteiger charge is -2.21. The fourth-order valence-corrected chi connectivity index (χ4v) is 7.89. The molecular formula is C64H40N2O4. The van der Waals surface area contributed by atoms with Crippen LogP contribution in [0.15, 0.2) is 206 Å². The molecule has 0 aliphatic carbocycles. The summed E-state index contributed by atoms with van der Waals surface area (Å²) in [5.74, 6) is 28.8. The molecule has 6 nitrogen and oxygen atoms in total. The number of hydrogen-bond acceptors (Lipinski definition) is 6. The van der Waals surface area contributed by atoms with Gasteiger partial charge in [-0.1, -0.05) is 132 Å². The molecule has 10 aromatic carbocycles. The maximum absolute atomic E-state index is 10.4. The summed E-state index contributed by atoms with van der Waals surface area (Å²) in [5, 5.41) is 24.1. The van der Waals surface area contributed by atoms with Gasteiger partial charge >= 0.3 is 0 Å². The Kier molecular flexibility index (Phi) is 12.3. The number of benzene rings is 10. The van der Waals surface area contributed by atoms with Crippen LogP contribution in [0.1, 0.15) is 44.5 Å². The van der Waals surface area contributed by atoms with Crippen LogP contribution in [-0.4, -0.2) is 10.2 Å². The van der Waals surface area contributed by atoms with Crippen molar-refractivity contribution in [3.8, 4) is 93.0 Å². The average Bonchev–Trinajstić information content (AvgIpc) is 3.39. The van der Waals surface area contributed by atoms with Gasteiger partial charge in [0.1, 0.15) is 34.5 Å². The normalized spacial score (nSPS) is 10.3. The zero-order valence-electron chi connectivity index (χ0n) is 37.5. The van der Waals surface area contributed by atoms with Crippen molar-refractivity contribution in [1.29, 1.82) is 0 Å². The van der Waals surface area contributed by atoms with Gasteiger partial charge in [0, 0.05) is 67.8 Å². The van der Waals surface area contributed by atoms with Gasteiger partial charge in [-0.15, -0.1) is 0 Å². The SMILES string of the molecule is Nc1cc(Oc2ccc3cc(C#Cc4ccccc4)c(C#Cc4ccccc4)cc3c2-c2c(Oc3ccc(O)c(N)c3)ccc3cc(C#Cc4ccccc4)c(C#Cc4ccccc4)cc23)ccc1O. The second-order valence-electron chi connectivity index (χ2n) is 16.2. The lowest BCUT2D eigenvalue weighted by molar-refractivity contribution is 0.465. The van der Waals surface area contributed by atoms with Crippen LogP contribution in [0, 0.1) is 47.4 Å². The molecule has 6 heteroatoms. The number of ether oxygens (including phenoxy) is 2. The van der Waals surface area contributed by atoms with E-state index in [1.165, 1.54) is 12.1 Å². The van der Waals surface area contributed by atoms with Gasteiger partial charge in [-0.05, 0) is 131 Å². The first-order chi connectivity index (χ1) is 34.3. The highest BCUT2D eigenvalue weighted by molar-refractivity contribution is 6.11. The Morgan fingerprint density at radius 1 is 0.314 bits per heavy atom. The molecule has 0 bridgehead atoms. The van der Waals surface area contributed by atoms with Crippen molar-refractivity contribution in [2.24, 2.45) is 0 Å². The minimum absolute atomic E-state index is 0.0647. The van der Waals surface area contributed by atoms with Gasteiger partial charge in [0.15, 0.2) is 0 Å². The third-order valence-corrected chi connectivity index (χ3v) is 11.4. The Morgan fingerprint density at radius 2 is 0.629 bits per heavy atom. The van der Waals surface area contributed by atoms with E-state index in [-0.39, 0.29) is 22.9 Å². The molecule has 0 aliphatic rings. The molecule has 0 aliphatic heterocycles. The second-order valence-corrected chi connectivity index (χ2v) is 16.2. The Morgan fingerprint density at radius 3 is 0.943 bits per heavy atom. The van der Waals surface area contributed by atoms with Gasteiger partial charge in [0.05, 0.1) is 11.4 Å². The third-order valence-electron chi connectivity index (χ3n) is 11.4. The van der Waals surface area contributed by atoms with Gasteiger partial charge in [-0.2, -0.15) is 0 Å². The molecule has 10 rings (SSSR count). The second kappa shape index (κ2) is 19.7. The van der Waals surface area contributed by atoms with Crippen molar-refractivity contribution in [1.82, 2.24) is 0 Å². The molecule has 330 valence electrons. The third kappa shape index (κ3) is 9.81. The maximum atomic E-state index is 10.4. The van der Waals surface area contributed by atoms with E-state index in [9.17, 15) is 10.2 Å². The minimum Gasteiger partial charge on any atom is -0.506 e. The molecule has 70 heavy (non-hydrogen) atoms. The van der Waals surface area contributed by atoms with Gasteiger partial charge < -0.3 is 31.2 Å². The zero-order chi connectivity index (χ0) is 47.8. The summed E-state index contributed by atoms with van der Waals surface area (Å²) in [6.45, 7) is 0. The van der Waals surface area contributed by atoms with Crippen molar-refractivity contribution in [3.05, 3.63) is 251 Å². The number of hydrogen-bond donors (Lipinski definition) is 4. The molecule has 0 fully saturated rings. The van der Waals surface area contributed by atoms with E-state index in [2.05, 4.69) is 47.4 Å². The lowest BCUT2D eigenvalue weighted by atomic mass is 9.88. The largest absolute Gasteiger partial charge is 0.506 e. The van der Waals surface area contributed by atoms with Crippen LogP contribution < -0.4 is 20.9 Å². The first-order valence-electron chi connectivity index (χ1n) is 22.3. The average molecular weight is 901 g/mol. The van der Waals surface area contributed by atoms with Gasteiger partial charge in [-0.25, -0.2) is 0 Å². The highest BCUT2D eigenvalue weighted by Crippen LogP contribution is 2.49. The number of nitrogen functional groups attached to an aromatic ring is 2. The predicted molar refractivity (Wildman–Crippen MR) is 282 cm³/mol. The van der Waals surface area contributed by atoms with Crippen LogP contribution in [0.3, 0.4) is 0 Å². The lowest BCUT2D eigenvalue weighted by Crippen LogP contribution is -1.98. The van der Waals surface area contributed by atoms with Crippen LogP contribution in [0.25, 0.3) is 32.7 Å². The van der Waals surface area contributed by atoms with Crippen molar-refractivity contribution in [3.63, 3.8) is 0 Å². The molecule has 0 unspecified atom stereocenters. The fourth-order valence-electron chi connectivity index (χ4n) is 7.89. The first-order valence-corrected chi connectivity index (χ1v) is 22.3. The van der Waals surface area contributed by atoms with Crippen LogP contribution in [0.5, 0.6) is 34.5 Å². The topological polar surface area (TPSA) is 111 Å². The van der Waals surface area contributed by atoms with Crippen LogP contribution in [0.4, 0.5) is 11.4 Å². The summed E-state index contributed by atoms with van der Waals surface area (Å²) in [5.41, 5.74) is 20.4. The maximum Gasteiger partial charge on any atom is 0.138 e. The quantitative estimate of drug-likeness (QED) is 0.0778. The number of rotatable bonds is 5. The minimum atomic E-state index is -0.0647. The molecule has 0 aromatic heterocycles. The molecule has 0 radical (unpaired) electrons. The van der Waals surface area contributed by atoms with Crippen LogP contribution in [0.2, 0.25) is 0 Å². The van der Waals surface area contributed by atoms with Crippen molar-refractivity contribution < 1.29 is 19.7 Å². The van der Waals surface area contributed by atoms with E-state index in [1.54, 1.807) is 24.3 Å². The number of phenols is 2. The number of anilines is 2. The van der Waals surface area contributed by atoms with Crippen LogP contribution in [-0.2, 0) is 0 Å². The molecule has 10 aromatic rings. The Labute approximate surface area is 406 Å². The van der Waals surface area contributed by atoms with E-state index in [0.717, 1.165) is 54.9 Å². The van der Waals surface area contributed by atoms with E-state index >= 15 is 0 Å². The van der Waals surface area contributed by atoms with E-state index < -0.39 is 0 Å². The van der Waals surface area contributed by atoms with E-state index in [1.807, 2.05) is 170 Å². The number of nitrogens with two attached hydrogens (primary N) is 2. The monoisotopic (exact) mass is 900 g/mol. The van der Waals surface area contributed by atoms with Crippen LogP contribution >= 0.6 is 0 Å². The summed E-state index contributed by atoms with van der Waals surface area (Å²) < 4.78 is 13.7. The molecule has 0 spiro atoms. The molecule has 6 N–H and O–H groups in total. The molecule has 0 saturated carbocycles. The summed E-state index contributed by atoms with van der Waals surface area (Å²) in [7, 11) is 0. The fraction of sp³-hybridized carbons (Fsp3) is 0. The molecule has 0 saturated heterocycles. The summed E-state index contributed by atoms with van der Waals surface area (Å²) in [6, 6.07) is 64.7. The molecular weight excluding hydrogens is 861 g/mol. The Bertz CT molecular complexity index is 3620. The Balaban J connectivity index is 1.30. The smallest absolute Gasteiger partial charge is 0.138 e. The van der Waals surface area contributed by atoms with E-state index in [4.69, 9.17) is 20.9 Å². The number of fused-ring (bicyclic) bond motifs is 2. The predicted octanol–water partition coefficient (Wildman–Crippen LogP) is 13.4. The Hall–Kier alpha value is -10.2. The van der Waals surface area contributed by atoms with Gasteiger partial charge in [0.2, 0.25) is 0 Å². The van der Waals surface area contributed by atoms with Crippen molar-refractivity contribution in [2.75, 3.05) is 11.5 Å². The van der Waals surface area contributed by atoms with Gasteiger partial charge in [-0.3, -0.25) is 0 Å². The first kappa shape index (κ1) is 43.6. The molecule has 0 amide bonds.